The molecule has 148 valence electrons. The Hall–Kier alpha value is -1.46. The quantitative estimate of drug-likeness (QED) is 0.533. The van der Waals surface area contributed by atoms with Gasteiger partial charge in [0.1, 0.15) is 5.82 Å². The summed E-state index contributed by atoms with van der Waals surface area (Å²) in [5.74, 6) is -0.214. The smallest absolute Gasteiger partial charge is 0.123 e. The van der Waals surface area contributed by atoms with Crippen LogP contribution in [0.15, 0.2) is 46.8 Å². The highest BCUT2D eigenvalue weighted by Crippen LogP contribution is 2.38. The number of nitrogens with two attached hydrogens (primary N) is 1. The van der Waals surface area contributed by atoms with Crippen molar-refractivity contribution in [2.45, 2.75) is 58.8 Å². The highest BCUT2D eigenvalue weighted by atomic mass is 32.2. The van der Waals surface area contributed by atoms with E-state index in [9.17, 15) is 4.39 Å². The third kappa shape index (κ3) is 6.89. The SMILES string of the molecule is CC(S/C(NC(C)(C)CC(C)(C)C)=C(\N)c1cccs1)c1ccc(F)cc1. The molecule has 0 fully saturated rings. The van der Waals surface area contributed by atoms with Crippen molar-refractivity contribution in [1.82, 2.24) is 5.32 Å². The van der Waals surface area contributed by atoms with Gasteiger partial charge in [-0.2, -0.15) is 0 Å². The fourth-order valence-electron chi connectivity index (χ4n) is 3.36. The van der Waals surface area contributed by atoms with Crippen LogP contribution in [-0.2, 0) is 0 Å². The molecule has 1 aromatic carbocycles. The summed E-state index contributed by atoms with van der Waals surface area (Å²) in [7, 11) is 0. The molecule has 2 nitrogen and oxygen atoms in total. The molecule has 0 spiro atoms. The van der Waals surface area contributed by atoms with Gasteiger partial charge in [-0.15, -0.1) is 11.3 Å². The minimum Gasteiger partial charge on any atom is -0.395 e. The van der Waals surface area contributed by atoms with Gasteiger partial charge in [0.2, 0.25) is 0 Å². The van der Waals surface area contributed by atoms with E-state index >= 15 is 0 Å². The number of thiophene rings is 1. The van der Waals surface area contributed by atoms with Crippen LogP contribution in [0.4, 0.5) is 4.39 Å². The summed E-state index contributed by atoms with van der Waals surface area (Å²) in [5.41, 5.74) is 8.49. The molecular formula is C22H31FN2S2. The van der Waals surface area contributed by atoms with Crippen LogP contribution in [0.25, 0.3) is 5.70 Å². The highest BCUT2D eigenvalue weighted by Gasteiger charge is 2.27. The Balaban J connectivity index is 2.30. The molecule has 0 aliphatic rings. The van der Waals surface area contributed by atoms with Crippen LogP contribution in [-0.4, -0.2) is 5.54 Å². The van der Waals surface area contributed by atoms with E-state index in [1.165, 1.54) is 12.1 Å². The second-order valence-corrected chi connectivity index (χ2v) is 11.1. The van der Waals surface area contributed by atoms with Crippen molar-refractivity contribution in [2.75, 3.05) is 0 Å². The van der Waals surface area contributed by atoms with Crippen LogP contribution in [0, 0.1) is 11.2 Å². The van der Waals surface area contributed by atoms with Crippen molar-refractivity contribution in [3.05, 3.63) is 63.1 Å². The average molecular weight is 407 g/mol. The zero-order chi connectivity index (χ0) is 20.2. The molecule has 0 aliphatic heterocycles. The molecule has 2 aromatic rings. The van der Waals surface area contributed by atoms with Crippen molar-refractivity contribution >= 4 is 28.8 Å². The third-order valence-electron chi connectivity index (χ3n) is 4.09. The lowest BCUT2D eigenvalue weighted by Gasteiger charge is -2.35. The van der Waals surface area contributed by atoms with E-state index in [4.69, 9.17) is 5.73 Å². The number of nitrogens with one attached hydrogen (secondary N) is 1. The molecule has 3 N–H and O–H groups in total. The number of hydrogen-bond acceptors (Lipinski definition) is 4. The van der Waals surface area contributed by atoms with Gasteiger partial charge < -0.3 is 11.1 Å². The van der Waals surface area contributed by atoms with Crippen molar-refractivity contribution in [3.63, 3.8) is 0 Å². The lowest BCUT2D eigenvalue weighted by Crippen LogP contribution is -2.42. The first-order chi connectivity index (χ1) is 12.5. The summed E-state index contributed by atoms with van der Waals surface area (Å²) in [4.78, 5) is 1.06. The second-order valence-electron chi connectivity index (χ2n) is 8.78. The van der Waals surface area contributed by atoms with E-state index in [-0.39, 0.29) is 22.0 Å². The maximum absolute atomic E-state index is 13.3. The summed E-state index contributed by atoms with van der Waals surface area (Å²) in [6, 6.07) is 10.8. The Morgan fingerprint density at radius 2 is 1.78 bits per heavy atom. The molecule has 2 rings (SSSR count). The lowest BCUT2D eigenvalue weighted by atomic mass is 9.82. The molecule has 0 saturated heterocycles. The summed E-state index contributed by atoms with van der Waals surface area (Å²) in [5, 5.41) is 6.86. The second kappa shape index (κ2) is 8.70. The normalized spacial score (nSPS) is 14.6. The summed E-state index contributed by atoms with van der Waals surface area (Å²) in [6.45, 7) is 13.3. The predicted molar refractivity (Wildman–Crippen MR) is 119 cm³/mol. The van der Waals surface area contributed by atoms with Gasteiger partial charge in [0, 0.05) is 10.8 Å². The van der Waals surface area contributed by atoms with Gasteiger partial charge in [0.05, 0.1) is 15.6 Å². The maximum Gasteiger partial charge on any atom is 0.123 e. The van der Waals surface area contributed by atoms with E-state index in [0.717, 1.165) is 27.6 Å². The highest BCUT2D eigenvalue weighted by molar-refractivity contribution is 8.03. The third-order valence-corrected chi connectivity index (χ3v) is 6.18. The van der Waals surface area contributed by atoms with Crippen molar-refractivity contribution in [1.29, 1.82) is 0 Å². The zero-order valence-corrected chi connectivity index (χ0v) is 18.7. The number of hydrogen-bond donors (Lipinski definition) is 2. The molecule has 1 unspecified atom stereocenters. The van der Waals surface area contributed by atoms with Crippen LogP contribution >= 0.6 is 23.1 Å². The fourth-order valence-corrected chi connectivity index (χ4v) is 5.33. The van der Waals surface area contributed by atoms with Crippen LogP contribution < -0.4 is 11.1 Å². The van der Waals surface area contributed by atoms with Crippen LogP contribution in [0.5, 0.6) is 0 Å². The van der Waals surface area contributed by atoms with Gasteiger partial charge in [-0.25, -0.2) is 4.39 Å². The van der Waals surface area contributed by atoms with Crippen molar-refractivity contribution < 1.29 is 4.39 Å². The number of rotatable bonds is 7. The average Bonchev–Trinajstić information content (AvgIpc) is 3.05. The topological polar surface area (TPSA) is 38.0 Å². The molecule has 27 heavy (non-hydrogen) atoms. The Bertz CT molecular complexity index is 757. The molecule has 0 aliphatic carbocycles. The Labute approximate surface area is 171 Å². The Kier molecular flexibility index (Phi) is 7.03. The maximum atomic E-state index is 13.3. The van der Waals surface area contributed by atoms with Gasteiger partial charge in [0.25, 0.3) is 0 Å². The summed E-state index contributed by atoms with van der Waals surface area (Å²) in [6.07, 6.45) is 1.01. The molecule has 0 saturated carbocycles. The molecular weight excluding hydrogens is 375 g/mol. The molecule has 1 atom stereocenters. The van der Waals surface area contributed by atoms with Gasteiger partial charge in [-0.05, 0) is 61.7 Å². The minimum absolute atomic E-state index is 0.106. The van der Waals surface area contributed by atoms with Crippen molar-refractivity contribution in [2.24, 2.45) is 11.1 Å². The minimum atomic E-state index is -0.214. The first kappa shape index (κ1) is 21.8. The number of benzene rings is 1. The molecule has 1 aromatic heterocycles. The van der Waals surface area contributed by atoms with Crippen molar-refractivity contribution in [3.8, 4) is 0 Å². The fraction of sp³-hybridized carbons (Fsp3) is 0.455. The van der Waals surface area contributed by atoms with Crippen LogP contribution in [0.1, 0.15) is 63.7 Å². The van der Waals surface area contributed by atoms with Gasteiger partial charge in [-0.3, -0.25) is 0 Å². The first-order valence-electron chi connectivity index (χ1n) is 9.21. The zero-order valence-electron chi connectivity index (χ0n) is 17.1. The molecule has 0 radical (unpaired) electrons. The predicted octanol–water partition coefficient (Wildman–Crippen LogP) is 6.77. The van der Waals surface area contributed by atoms with E-state index < -0.39 is 0 Å². The van der Waals surface area contributed by atoms with Crippen LogP contribution in [0.2, 0.25) is 0 Å². The summed E-state index contributed by atoms with van der Waals surface area (Å²) >= 11 is 3.33. The van der Waals surface area contributed by atoms with E-state index in [0.29, 0.717) is 0 Å². The Morgan fingerprint density at radius 1 is 1.15 bits per heavy atom. The molecule has 5 heteroatoms. The molecule has 0 amide bonds. The first-order valence-corrected chi connectivity index (χ1v) is 11.0. The van der Waals surface area contributed by atoms with Gasteiger partial charge >= 0.3 is 0 Å². The lowest BCUT2D eigenvalue weighted by molar-refractivity contribution is 0.259. The number of halogens is 1. The largest absolute Gasteiger partial charge is 0.395 e. The van der Waals surface area contributed by atoms with Gasteiger partial charge in [-0.1, -0.05) is 50.7 Å². The molecule has 1 heterocycles. The van der Waals surface area contributed by atoms with E-state index in [1.54, 1.807) is 23.1 Å². The van der Waals surface area contributed by atoms with E-state index in [2.05, 4.69) is 46.9 Å². The van der Waals surface area contributed by atoms with E-state index in [1.807, 2.05) is 29.6 Å². The summed E-state index contributed by atoms with van der Waals surface area (Å²) < 4.78 is 13.3. The standard InChI is InChI=1S/C22H31FN2S2/c1-15(16-9-11-17(23)12-10-16)27-20(19(24)18-8-7-13-26-18)25-22(5,6)14-21(2,3)4/h7-13,15,25H,14,24H2,1-6H3/b20-19-. The van der Waals surface area contributed by atoms with Crippen LogP contribution in [0.3, 0.4) is 0 Å². The monoisotopic (exact) mass is 406 g/mol. The van der Waals surface area contributed by atoms with Gasteiger partial charge in [0.15, 0.2) is 0 Å². The number of thioether (sulfide) groups is 1. The molecule has 0 bridgehead atoms. The Morgan fingerprint density at radius 3 is 2.30 bits per heavy atom.